The average molecular weight is 319 g/mol. The zero-order chi connectivity index (χ0) is 13.4. The molecule has 2 N–H and O–H groups in total. The molecule has 0 aliphatic rings. The Morgan fingerprint density at radius 3 is 1.75 bits per heavy atom. The molecule has 0 aromatic heterocycles. The summed E-state index contributed by atoms with van der Waals surface area (Å²) in [7, 11) is -5.79. The lowest BCUT2D eigenvalue weighted by Crippen LogP contribution is -1.89. The zero-order valence-electron chi connectivity index (χ0n) is 8.03. The second kappa shape index (κ2) is 8.26. The number of hydrogen-bond acceptors (Lipinski definition) is 6. The van der Waals surface area contributed by atoms with E-state index in [0.29, 0.717) is 0 Å². The average Bonchev–Trinajstić information content (AvgIpc) is 2.11. The van der Waals surface area contributed by atoms with Gasteiger partial charge in [0.05, 0.1) is 0 Å². The van der Waals surface area contributed by atoms with Gasteiger partial charge < -0.3 is 4.52 Å². The summed E-state index contributed by atoms with van der Waals surface area (Å²) in [6.07, 6.45) is 0.872. The molecule has 0 aliphatic heterocycles. The molecule has 0 aliphatic carbocycles. The molecule has 0 saturated heterocycles. The lowest BCUT2D eigenvalue weighted by Gasteiger charge is -2.10. The molecular weight excluding hydrogens is 310 g/mol. The molecule has 0 fully saturated rings. The SMILES string of the molecule is COP(=O)(OC)OC=C(Cl)Cl.O=S(=O)(O)O. The van der Waals surface area contributed by atoms with Crippen LogP contribution in [0.5, 0.6) is 0 Å². The van der Waals surface area contributed by atoms with Crippen LogP contribution < -0.4 is 0 Å². The zero-order valence-corrected chi connectivity index (χ0v) is 11.3. The fraction of sp³-hybridized carbons (Fsp3) is 0.500. The fourth-order valence-corrected chi connectivity index (χ4v) is 1.03. The first-order chi connectivity index (χ1) is 7.04. The van der Waals surface area contributed by atoms with Crippen molar-refractivity contribution >= 4 is 41.4 Å². The van der Waals surface area contributed by atoms with E-state index < -0.39 is 18.2 Å². The van der Waals surface area contributed by atoms with E-state index in [1.165, 1.54) is 14.2 Å². The van der Waals surface area contributed by atoms with Crippen LogP contribution in [-0.2, 0) is 28.5 Å². The number of hydrogen-bond donors (Lipinski definition) is 2. The van der Waals surface area contributed by atoms with Gasteiger partial charge in [-0.15, -0.1) is 0 Å². The molecule has 16 heavy (non-hydrogen) atoms. The minimum atomic E-state index is -4.67. The minimum absolute atomic E-state index is 0.167. The molecule has 0 rings (SSSR count). The summed E-state index contributed by atoms with van der Waals surface area (Å²) in [6.45, 7) is 0. The number of phosphoric acid groups is 1. The molecule has 0 aromatic rings. The van der Waals surface area contributed by atoms with E-state index in [0.717, 1.165) is 6.26 Å². The van der Waals surface area contributed by atoms with Crippen LogP contribution in [-0.4, -0.2) is 31.7 Å². The highest BCUT2D eigenvalue weighted by molar-refractivity contribution is 7.79. The van der Waals surface area contributed by atoms with Gasteiger partial charge >= 0.3 is 18.2 Å². The van der Waals surface area contributed by atoms with Gasteiger partial charge in [-0.1, -0.05) is 23.2 Å². The fourth-order valence-electron chi connectivity index (χ4n) is 0.265. The topological polar surface area (TPSA) is 119 Å². The molecule has 0 bridgehead atoms. The molecule has 0 saturated carbocycles. The van der Waals surface area contributed by atoms with Crippen molar-refractivity contribution in [2.75, 3.05) is 14.2 Å². The normalized spacial score (nSPS) is 11.1. The maximum Gasteiger partial charge on any atom is 0.529 e. The second-order valence-corrected chi connectivity index (χ2v) is 5.51. The Labute approximate surface area is 102 Å². The van der Waals surface area contributed by atoms with Gasteiger partial charge in [0, 0.05) is 14.2 Å². The quantitative estimate of drug-likeness (QED) is 0.459. The summed E-state index contributed by atoms with van der Waals surface area (Å²) < 4.78 is 55.7. The van der Waals surface area contributed by atoms with Gasteiger partial charge in [-0.3, -0.25) is 18.2 Å². The van der Waals surface area contributed by atoms with E-state index in [-0.39, 0.29) is 4.49 Å². The van der Waals surface area contributed by atoms with Crippen LogP contribution in [0.25, 0.3) is 0 Å². The van der Waals surface area contributed by atoms with Crippen molar-refractivity contribution in [1.82, 2.24) is 0 Å². The van der Waals surface area contributed by atoms with Crippen LogP contribution in [0.3, 0.4) is 0 Å². The maximum atomic E-state index is 11.0. The molecule has 0 radical (unpaired) electrons. The van der Waals surface area contributed by atoms with Gasteiger partial charge in [0.15, 0.2) is 0 Å². The number of halogens is 2. The Balaban J connectivity index is 0. The molecule has 8 nitrogen and oxygen atoms in total. The van der Waals surface area contributed by atoms with Crippen LogP contribution in [0.2, 0.25) is 0 Å². The van der Waals surface area contributed by atoms with Crippen molar-refractivity contribution in [2.45, 2.75) is 0 Å². The third kappa shape index (κ3) is 16.6. The highest BCUT2D eigenvalue weighted by Gasteiger charge is 2.22. The smallest absolute Gasteiger partial charge is 0.409 e. The first-order valence-electron chi connectivity index (χ1n) is 3.15. The minimum Gasteiger partial charge on any atom is -0.409 e. The number of phosphoric ester groups is 1. The molecule has 0 unspecified atom stereocenters. The van der Waals surface area contributed by atoms with Gasteiger partial charge in [-0.2, -0.15) is 8.42 Å². The maximum absolute atomic E-state index is 11.0. The van der Waals surface area contributed by atoms with E-state index >= 15 is 0 Å². The van der Waals surface area contributed by atoms with Crippen LogP contribution in [0.4, 0.5) is 0 Å². The van der Waals surface area contributed by atoms with Crippen molar-refractivity contribution in [2.24, 2.45) is 0 Å². The van der Waals surface area contributed by atoms with E-state index in [4.69, 9.17) is 40.7 Å². The summed E-state index contributed by atoms with van der Waals surface area (Å²) in [6, 6.07) is 0. The lowest BCUT2D eigenvalue weighted by atomic mass is 11.2. The Morgan fingerprint density at radius 1 is 1.25 bits per heavy atom. The standard InChI is InChI=1S/C4H7Cl2O4P.H2O4S/c1-8-11(7,9-2)10-3-4(5)6;1-5(2,3)4/h3H,1-2H3;(H2,1,2,3,4). The lowest BCUT2D eigenvalue weighted by molar-refractivity contribution is 0.194. The molecular formula is C4H9Cl2O8PS. The van der Waals surface area contributed by atoms with E-state index in [9.17, 15) is 4.57 Å². The van der Waals surface area contributed by atoms with E-state index in [2.05, 4.69) is 13.6 Å². The van der Waals surface area contributed by atoms with E-state index in [1.54, 1.807) is 0 Å². The first kappa shape index (κ1) is 18.5. The molecule has 12 heteroatoms. The van der Waals surface area contributed by atoms with Crippen LogP contribution in [0, 0.1) is 0 Å². The predicted molar refractivity (Wildman–Crippen MR) is 56.7 cm³/mol. The van der Waals surface area contributed by atoms with Gasteiger partial charge in [0.25, 0.3) is 0 Å². The highest BCUT2D eigenvalue weighted by atomic mass is 35.5. The van der Waals surface area contributed by atoms with Crippen molar-refractivity contribution in [3.05, 3.63) is 10.8 Å². The molecule has 0 spiro atoms. The first-order valence-corrected chi connectivity index (χ1v) is 6.76. The Hall–Kier alpha value is 0.140. The summed E-state index contributed by atoms with van der Waals surface area (Å²) >= 11 is 10.3. The van der Waals surface area contributed by atoms with Crippen molar-refractivity contribution in [1.29, 1.82) is 0 Å². The molecule has 98 valence electrons. The van der Waals surface area contributed by atoms with E-state index in [1.807, 2.05) is 0 Å². The van der Waals surface area contributed by atoms with Crippen LogP contribution in [0.15, 0.2) is 10.8 Å². The van der Waals surface area contributed by atoms with Gasteiger partial charge in [-0.25, -0.2) is 4.57 Å². The van der Waals surface area contributed by atoms with Gasteiger partial charge in [0.2, 0.25) is 0 Å². The van der Waals surface area contributed by atoms with Crippen LogP contribution in [0.1, 0.15) is 0 Å². The van der Waals surface area contributed by atoms with Crippen molar-refractivity contribution in [3.8, 4) is 0 Å². The molecule has 0 amide bonds. The van der Waals surface area contributed by atoms with Gasteiger partial charge in [-0.05, 0) is 0 Å². The summed E-state index contributed by atoms with van der Waals surface area (Å²) in [5, 5.41) is 0. The number of rotatable bonds is 4. The predicted octanol–water partition coefficient (Wildman–Crippen LogP) is 2.03. The Bertz CT molecular complexity index is 344. The molecule has 0 atom stereocenters. The third-order valence-corrected chi connectivity index (χ3v) is 2.15. The third-order valence-electron chi connectivity index (χ3n) is 0.718. The monoisotopic (exact) mass is 318 g/mol. The van der Waals surface area contributed by atoms with Crippen molar-refractivity contribution < 1.29 is 35.7 Å². The molecule has 0 aromatic carbocycles. The Morgan fingerprint density at radius 2 is 1.56 bits per heavy atom. The second-order valence-electron chi connectivity index (χ2n) is 1.77. The summed E-state index contributed by atoms with van der Waals surface area (Å²) in [4.78, 5) is 0. The Kier molecular flexibility index (Phi) is 9.56. The summed E-state index contributed by atoms with van der Waals surface area (Å²) in [5.74, 6) is 0. The van der Waals surface area contributed by atoms with Gasteiger partial charge in [0.1, 0.15) is 10.8 Å². The van der Waals surface area contributed by atoms with Crippen LogP contribution >= 0.6 is 31.0 Å². The molecule has 0 heterocycles. The summed E-state index contributed by atoms with van der Waals surface area (Å²) in [5.41, 5.74) is 0. The van der Waals surface area contributed by atoms with Crippen molar-refractivity contribution in [3.63, 3.8) is 0 Å². The highest BCUT2D eigenvalue weighted by Crippen LogP contribution is 2.48. The largest absolute Gasteiger partial charge is 0.529 e.